The van der Waals surface area contributed by atoms with E-state index >= 15 is 0 Å². The standard InChI is InChI=1S/C20H23ClN4O3/c1-13-5-7-18(25(27)28)20(14(13)2)23-19(26)12-22-16-11-15(21)6-8-17(16)24-9-3-4-10-24/h5-8,11,22H,3-4,9-10,12H2,1-2H3,(H,23,26). The average Bonchev–Trinajstić information content (AvgIpc) is 3.18. The minimum atomic E-state index is -0.488. The largest absolute Gasteiger partial charge is 0.374 e. The van der Waals surface area contributed by atoms with E-state index < -0.39 is 4.92 Å². The minimum Gasteiger partial charge on any atom is -0.374 e. The van der Waals surface area contributed by atoms with Crippen LogP contribution in [-0.2, 0) is 4.79 Å². The molecule has 1 aliphatic heterocycles. The van der Waals surface area contributed by atoms with Crippen LogP contribution in [0.4, 0.5) is 22.7 Å². The number of carbonyl (C=O) groups is 1. The van der Waals surface area contributed by atoms with Gasteiger partial charge in [-0.3, -0.25) is 14.9 Å². The summed E-state index contributed by atoms with van der Waals surface area (Å²) in [6.45, 7) is 5.52. The van der Waals surface area contributed by atoms with Crippen LogP contribution >= 0.6 is 11.6 Å². The van der Waals surface area contributed by atoms with Crippen molar-refractivity contribution in [1.29, 1.82) is 0 Å². The van der Waals surface area contributed by atoms with E-state index in [4.69, 9.17) is 11.6 Å². The summed E-state index contributed by atoms with van der Waals surface area (Å²) in [5, 5.41) is 17.7. The van der Waals surface area contributed by atoms with E-state index in [1.807, 2.05) is 19.1 Å². The third-order valence-electron chi connectivity index (χ3n) is 5.02. The molecule has 2 aromatic carbocycles. The maximum atomic E-state index is 12.5. The van der Waals surface area contributed by atoms with Crippen LogP contribution in [0.15, 0.2) is 30.3 Å². The summed E-state index contributed by atoms with van der Waals surface area (Å²) in [7, 11) is 0. The van der Waals surface area contributed by atoms with E-state index in [9.17, 15) is 14.9 Å². The molecule has 7 nitrogen and oxygen atoms in total. The van der Waals surface area contributed by atoms with Gasteiger partial charge in [-0.05, 0) is 56.0 Å². The Labute approximate surface area is 168 Å². The summed E-state index contributed by atoms with van der Waals surface area (Å²) in [4.78, 5) is 25.6. The number of benzene rings is 2. The van der Waals surface area contributed by atoms with Gasteiger partial charge in [-0.1, -0.05) is 17.7 Å². The van der Waals surface area contributed by atoms with Crippen molar-refractivity contribution in [1.82, 2.24) is 0 Å². The van der Waals surface area contributed by atoms with Gasteiger partial charge in [0.1, 0.15) is 5.69 Å². The third kappa shape index (κ3) is 4.36. The highest BCUT2D eigenvalue weighted by atomic mass is 35.5. The number of halogens is 1. The molecule has 0 aliphatic carbocycles. The number of rotatable bonds is 6. The average molecular weight is 403 g/mol. The number of nitro groups is 1. The zero-order chi connectivity index (χ0) is 20.3. The first-order chi connectivity index (χ1) is 13.4. The minimum absolute atomic E-state index is 0.0221. The first kappa shape index (κ1) is 19.9. The molecule has 2 N–H and O–H groups in total. The van der Waals surface area contributed by atoms with Gasteiger partial charge in [0.2, 0.25) is 5.91 Å². The SMILES string of the molecule is Cc1ccc([N+](=O)[O-])c(NC(=O)CNc2cc(Cl)ccc2N2CCCC2)c1C. The molecule has 148 valence electrons. The monoisotopic (exact) mass is 402 g/mol. The van der Waals surface area contributed by atoms with Gasteiger partial charge in [-0.25, -0.2) is 0 Å². The highest BCUT2D eigenvalue weighted by Gasteiger charge is 2.20. The van der Waals surface area contributed by atoms with Gasteiger partial charge in [-0.2, -0.15) is 0 Å². The molecule has 1 heterocycles. The fraction of sp³-hybridized carbons (Fsp3) is 0.350. The number of amides is 1. The van der Waals surface area contributed by atoms with E-state index in [1.165, 1.54) is 6.07 Å². The number of hydrogen-bond acceptors (Lipinski definition) is 5. The van der Waals surface area contributed by atoms with Crippen molar-refractivity contribution in [2.75, 3.05) is 35.2 Å². The van der Waals surface area contributed by atoms with Gasteiger partial charge in [-0.15, -0.1) is 0 Å². The lowest BCUT2D eigenvalue weighted by Gasteiger charge is -2.22. The number of nitro benzene ring substituents is 1. The smallest absolute Gasteiger partial charge is 0.293 e. The summed E-state index contributed by atoms with van der Waals surface area (Å²) in [5.74, 6) is -0.357. The molecule has 8 heteroatoms. The Morgan fingerprint density at radius 1 is 1.21 bits per heavy atom. The highest BCUT2D eigenvalue weighted by Crippen LogP contribution is 2.32. The summed E-state index contributed by atoms with van der Waals surface area (Å²) >= 11 is 6.13. The number of nitrogens with zero attached hydrogens (tertiary/aromatic N) is 2. The van der Waals surface area contributed by atoms with Gasteiger partial charge in [0.05, 0.1) is 22.8 Å². The van der Waals surface area contributed by atoms with E-state index in [0.717, 1.165) is 42.9 Å². The number of aryl methyl sites for hydroxylation is 1. The molecular weight excluding hydrogens is 380 g/mol. The van der Waals surface area contributed by atoms with E-state index in [-0.39, 0.29) is 23.8 Å². The van der Waals surface area contributed by atoms with Crippen molar-refractivity contribution in [3.8, 4) is 0 Å². The number of anilines is 3. The normalized spacial score (nSPS) is 13.5. The van der Waals surface area contributed by atoms with Gasteiger partial charge in [0.15, 0.2) is 0 Å². The van der Waals surface area contributed by atoms with Crippen LogP contribution < -0.4 is 15.5 Å². The molecule has 0 radical (unpaired) electrons. The fourth-order valence-corrected chi connectivity index (χ4v) is 3.53. The lowest BCUT2D eigenvalue weighted by molar-refractivity contribution is -0.384. The van der Waals surface area contributed by atoms with Crippen molar-refractivity contribution in [2.45, 2.75) is 26.7 Å². The van der Waals surface area contributed by atoms with Crippen LogP contribution in [0.3, 0.4) is 0 Å². The van der Waals surface area contributed by atoms with Gasteiger partial charge >= 0.3 is 0 Å². The molecule has 2 aromatic rings. The van der Waals surface area contributed by atoms with Crippen LogP contribution in [0.5, 0.6) is 0 Å². The van der Waals surface area contributed by atoms with Crippen molar-refractivity contribution in [3.63, 3.8) is 0 Å². The topological polar surface area (TPSA) is 87.5 Å². The van der Waals surface area contributed by atoms with Gasteiger partial charge < -0.3 is 15.5 Å². The molecule has 28 heavy (non-hydrogen) atoms. The Bertz CT molecular complexity index is 911. The summed E-state index contributed by atoms with van der Waals surface area (Å²) in [6.07, 6.45) is 2.28. The quantitative estimate of drug-likeness (QED) is 0.548. The maximum absolute atomic E-state index is 12.5. The van der Waals surface area contributed by atoms with Crippen molar-refractivity contribution in [3.05, 3.63) is 56.6 Å². The van der Waals surface area contributed by atoms with Gasteiger partial charge in [0.25, 0.3) is 5.69 Å². The molecular formula is C20H23ClN4O3. The van der Waals surface area contributed by atoms with Crippen molar-refractivity contribution < 1.29 is 9.72 Å². The molecule has 1 aliphatic rings. The zero-order valence-electron chi connectivity index (χ0n) is 15.9. The molecule has 1 fully saturated rings. The summed E-state index contributed by atoms with van der Waals surface area (Å²) in [5.41, 5.74) is 3.47. The molecule has 1 amide bonds. The zero-order valence-corrected chi connectivity index (χ0v) is 16.7. The Morgan fingerprint density at radius 2 is 1.93 bits per heavy atom. The van der Waals surface area contributed by atoms with Gasteiger partial charge in [0, 0.05) is 24.2 Å². The molecule has 1 saturated heterocycles. The van der Waals surface area contributed by atoms with E-state index in [2.05, 4.69) is 15.5 Å². The molecule has 0 bridgehead atoms. The number of hydrogen-bond donors (Lipinski definition) is 2. The predicted molar refractivity (Wildman–Crippen MR) is 113 cm³/mol. The molecule has 0 atom stereocenters. The van der Waals surface area contributed by atoms with Crippen LogP contribution in [-0.4, -0.2) is 30.5 Å². The molecule has 3 rings (SSSR count). The number of nitrogens with one attached hydrogen (secondary N) is 2. The number of carbonyl (C=O) groups excluding carboxylic acids is 1. The fourth-order valence-electron chi connectivity index (χ4n) is 3.35. The first-order valence-electron chi connectivity index (χ1n) is 9.19. The second-order valence-corrected chi connectivity index (χ2v) is 7.35. The van der Waals surface area contributed by atoms with Crippen LogP contribution in [0.1, 0.15) is 24.0 Å². The lowest BCUT2D eigenvalue weighted by Crippen LogP contribution is -2.25. The van der Waals surface area contributed by atoms with E-state index in [1.54, 1.807) is 19.1 Å². The second-order valence-electron chi connectivity index (χ2n) is 6.92. The van der Waals surface area contributed by atoms with Crippen LogP contribution in [0, 0.1) is 24.0 Å². The highest BCUT2D eigenvalue weighted by molar-refractivity contribution is 6.31. The van der Waals surface area contributed by atoms with Crippen molar-refractivity contribution >= 4 is 40.3 Å². The van der Waals surface area contributed by atoms with E-state index in [0.29, 0.717) is 10.6 Å². The summed E-state index contributed by atoms with van der Waals surface area (Å²) < 4.78 is 0. The Morgan fingerprint density at radius 3 is 2.61 bits per heavy atom. The third-order valence-corrected chi connectivity index (χ3v) is 5.25. The second kappa shape index (κ2) is 8.48. The molecule has 0 unspecified atom stereocenters. The Hall–Kier alpha value is -2.80. The molecule has 0 saturated carbocycles. The Kier molecular flexibility index (Phi) is 6.04. The van der Waals surface area contributed by atoms with Crippen LogP contribution in [0.25, 0.3) is 0 Å². The van der Waals surface area contributed by atoms with Crippen LogP contribution in [0.2, 0.25) is 5.02 Å². The summed E-state index contributed by atoms with van der Waals surface area (Å²) in [6, 6.07) is 8.66. The maximum Gasteiger partial charge on any atom is 0.293 e. The Balaban J connectivity index is 1.75. The van der Waals surface area contributed by atoms with Crippen molar-refractivity contribution in [2.24, 2.45) is 0 Å². The first-order valence-corrected chi connectivity index (χ1v) is 9.57. The molecule has 0 aromatic heterocycles. The molecule has 0 spiro atoms. The predicted octanol–water partition coefficient (Wildman–Crippen LogP) is 4.52. The lowest BCUT2D eigenvalue weighted by atomic mass is 10.1.